The van der Waals surface area contributed by atoms with Gasteiger partial charge in [-0.1, -0.05) is 6.07 Å². The first-order valence-corrected chi connectivity index (χ1v) is 5.62. The average molecular weight is 211 g/mol. The lowest BCUT2D eigenvalue weighted by atomic mass is 10.3. The Hall–Kier alpha value is -0.870. The normalized spacial score (nSPS) is 17.0. The molecular formula is C10H13NO2S. The van der Waals surface area contributed by atoms with Gasteiger partial charge in [0, 0.05) is 18.0 Å². The smallest absolute Gasteiger partial charge is 0.227 e. The van der Waals surface area contributed by atoms with Crippen molar-refractivity contribution in [3.63, 3.8) is 0 Å². The fraction of sp³-hybridized carbons (Fsp3) is 0.500. The standard InChI is InChI=1S/C10H13NO2S/c12-10(8-9-2-1-7-14-9)11-3-5-13-6-4-11/h1-2,7H,3-6,8H2. The number of ether oxygens (including phenoxy) is 1. The first kappa shape index (κ1) is 9.68. The summed E-state index contributed by atoms with van der Waals surface area (Å²) in [4.78, 5) is 14.8. The zero-order valence-corrected chi connectivity index (χ0v) is 8.76. The molecule has 0 unspecified atom stereocenters. The van der Waals surface area contributed by atoms with Gasteiger partial charge in [-0.2, -0.15) is 0 Å². The molecule has 3 nitrogen and oxygen atoms in total. The predicted molar refractivity (Wildman–Crippen MR) is 55.4 cm³/mol. The number of rotatable bonds is 2. The molecule has 1 saturated heterocycles. The van der Waals surface area contributed by atoms with Crippen LogP contribution in [-0.4, -0.2) is 37.1 Å². The molecule has 1 aliphatic rings. The topological polar surface area (TPSA) is 29.5 Å². The van der Waals surface area contributed by atoms with Crippen LogP contribution >= 0.6 is 11.3 Å². The Morgan fingerprint density at radius 3 is 2.93 bits per heavy atom. The molecule has 0 spiro atoms. The molecule has 0 saturated carbocycles. The number of nitrogens with zero attached hydrogens (tertiary/aromatic N) is 1. The molecule has 0 aliphatic carbocycles. The molecule has 14 heavy (non-hydrogen) atoms. The Morgan fingerprint density at radius 2 is 2.29 bits per heavy atom. The molecule has 0 bridgehead atoms. The SMILES string of the molecule is O=C(Cc1cccs1)N1CCOCC1. The van der Waals surface area contributed by atoms with Gasteiger partial charge < -0.3 is 9.64 Å². The van der Waals surface area contributed by atoms with Crippen LogP contribution < -0.4 is 0 Å². The van der Waals surface area contributed by atoms with Crippen LogP contribution in [0.25, 0.3) is 0 Å². The van der Waals surface area contributed by atoms with Crippen LogP contribution in [0.5, 0.6) is 0 Å². The van der Waals surface area contributed by atoms with Crippen molar-refractivity contribution in [1.29, 1.82) is 0 Å². The van der Waals surface area contributed by atoms with Crippen molar-refractivity contribution in [1.82, 2.24) is 4.90 Å². The van der Waals surface area contributed by atoms with Crippen molar-refractivity contribution in [2.45, 2.75) is 6.42 Å². The second-order valence-electron chi connectivity index (χ2n) is 3.25. The van der Waals surface area contributed by atoms with Gasteiger partial charge in [-0.15, -0.1) is 11.3 Å². The van der Waals surface area contributed by atoms with Crippen molar-refractivity contribution in [3.8, 4) is 0 Å². The third-order valence-corrected chi connectivity index (χ3v) is 3.15. The highest BCUT2D eigenvalue weighted by Crippen LogP contribution is 2.11. The Balaban J connectivity index is 1.88. The van der Waals surface area contributed by atoms with Crippen LogP contribution in [0.2, 0.25) is 0 Å². The van der Waals surface area contributed by atoms with E-state index in [9.17, 15) is 4.79 Å². The summed E-state index contributed by atoms with van der Waals surface area (Å²) in [5.41, 5.74) is 0. The highest BCUT2D eigenvalue weighted by Gasteiger charge is 2.16. The van der Waals surface area contributed by atoms with Gasteiger partial charge in [0.2, 0.25) is 5.91 Å². The van der Waals surface area contributed by atoms with Crippen molar-refractivity contribution in [2.75, 3.05) is 26.3 Å². The van der Waals surface area contributed by atoms with E-state index in [0.717, 1.165) is 18.0 Å². The number of morpholine rings is 1. The van der Waals surface area contributed by atoms with Gasteiger partial charge in [-0.25, -0.2) is 0 Å². The zero-order chi connectivity index (χ0) is 9.80. The van der Waals surface area contributed by atoms with Crippen molar-refractivity contribution in [2.24, 2.45) is 0 Å². The first-order chi connectivity index (χ1) is 6.86. The summed E-state index contributed by atoms with van der Waals surface area (Å²) in [5, 5.41) is 2.00. The summed E-state index contributed by atoms with van der Waals surface area (Å²) in [6.45, 7) is 2.83. The molecule has 1 fully saturated rings. The van der Waals surface area contributed by atoms with E-state index >= 15 is 0 Å². The second kappa shape index (κ2) is 4.57. The number of carbonyl (C=O) groups is 1. The Bertz CT molecular complexity index is 291. The first-order valence-electron chi connectivity index (χ1n) is 4.74. The molecule has 0 aromatic carbocycles. The molecular weight excluding hydrogens is 198 g/mol. The van der Waals surface area contributed by atoms with Crippen LogP contribution in [0.4, 0.5) is 0 Å². The van der Waals surface area contributed by atoms with Crippen molar-refractivity contribution < 1.29 is 9.53 Å². The summed E-state index contributed by atoms with van der Waals surface area (Å²) >= 11 is 1.64. The molecule has 0 radical (unpaired) electrons. The number of hydrogen-bond acceptors (Lipinski definition) is 3. The van der Waals surface area contributed by atoms with Crippen LogP contribution in [0.15, 0.2) is 17.5 Å². The maximum atomic E-state index is 11.7. The van der Waals surface area contributed by atoms with Crippen LogP contribution in [-0.2, 0) is 16.0 Å². The molecule has 1 aromatic rings. The Morgan fingerprint density at radius 1 is 1.50 bits per heavy atom. The fourth-order valence-corrected chi connectivity index (χ4v) is 2.18. The maximum Gasteiger partial charge on any atom is 0.227 e. The van der Waals surface area contributed by atoms with Gasteiger partial charge in [-0.05, 0) is 11.4 Å². The Kier molecular flexibility index (Phi) is 3.16. The monoisotopic (exact) mass is 211 g/mol. The average Bonchev–Trinajstić information content (AvgIpc) is 2.72. The molecule has 0 atom stereocenters. The highest BCUT2D eigenvalue weighted by atomic mass is 32.1. The van der Waals surface area contributed by atoms with Crippen molar-refractivity contribution in [3.05, 3.63) is 22.4 Å². The maximum absolute atomic E-state index is 11.7. The van der Waals surface area contributed by atoms with Crippen LogP contribution in [0.3, 0.4) is 0 Å². The largest absolute Gasteiger partial charge is 0.378 e. The molecule has 2 rings (SSSR count). The van der Waals surface area contributed by atoms with E-state index < -0.39 is 0 Å². The number of hydrogen-bond donors (Lipinski definition) is 0. The van der Waals surface area contributed by atoms with Gasteiger partial charge in [-0.3, -0.25) is 4.79 Å². The molecule has 1 aromatic heterocycles. The quantitative estimate of drug-likeness (QED) is 0.734. The molecule has 2 heterocycles. The molecule has 0 N–H and O–H groups in total. The van der Waals surface area contributed by atoms with Crippen molar-refractivity contribution >= 4 is 17.2 Å². The molecule has 4 heteroatoms. The van der Waals surface area contributed by atoms with E-state index in [1.165, 1.54) is 0 Å². The Labute approximate surface area is 87.3 Å². The number of amides is 1. The van der Waals surface area contributed by atoms with Crippen LogP contribution in [0.1, 0.15) is 4.88 Å². The van der Waals surface area contributed by atoms with Crippen LogP contribution in [0, 0.1) is 0 Å². The van der Waals surface area contributed by atoms with Gasteiger partial charge in [0.05, 0.1) is 19.6 Å². The lowest BCUT2D eigenvalue weighted by Crippen LogP contribution is -2.41. The van der Waals surface area contributed by atoms with Gasteiger partial charge in [0.25, 0.3) is 0 Å². The predicted octanol–water partition coefficient (Wildman–Crippen LogP) is 1.15. The highest BCUT2D eigenvalue weighted by molar-refractivity contribution is 7.10. The minimum absolute atomic E-state index is 0.218. The third kappa shape index (κ3) is 2.33. The second-order valence-corrected chi connectivity index (χ2v) is 4.28. The molecule has 76 valence electrons. The summed E-state index contributed by atoms with van der Waals surface area (Å²) in [6.07, 6.45) is 0.539. The lowest BCUT2D eigenvalue weighted by Gasteiger charge is -2.26. The summed E-state index contributed by atoms with van der Waals surface area (Å²) in [5.74, 6) is 0.218. The summed E-state index contributed by atoms with van der Waals surface area (Å²) in [6, 6.07) is 3.98. The summed E-state index contributed by atoms with van der Waals surface area (Å²) < 4.78 is 5.19. The molecule has 1 aliphatic heterocycles. The van der Waals surface area contributed by atoms with Gasteiger partial charge in [0.15, 0.2) is 0 Å². The zero-order valence-electron chi connectivity index (χ0n) is 7.94. The number of thiophene rings is 1. The van der Waals surface area contributed by atoms with E-state index in [4.69, 9.17) is 4.74 Å². The van der Waals surface area contributed by atoms with E-state index in [2.05, 4.69) is 0 Å². The fourth-order valence-electron chi connectivity index (χ4n) is 1.49. The minimum Gasteiger partial charge on any atom is -0.378 e. The van der Waals surface area contributed by atoms with E-state index in [0.29, 0.717) is 19.6 Å². The number of carbonyl (C=O) groups excluding carboxylic acids is 1. The van der Waals surface area contributed by atoms with E-state index in [1.54, 1.807) is 11.3 Å². The lowest BCUT2D eigenvalue weighted by molar-refractivity contribution is -0.134. The van der Waals surface area contributed by atoms with Gasteiger partial charge >= 0.3 is 0 Å². The molecule has 1 amide bonds. The van der Waals surface area contributed by atoms with E-state index in [1.807, 2.05) is 22.4 Å². The third-order valence-electron chi connectivity index (χ3n) is 2.27. The summed E-state index contributed by atoms with van der Waals surface area (Å²) in [7, 11) is 0. The minimum atomic E-state index is 0.218. The van der Waals surface area contributed by atoms with E-state index in [-0.39, 0.29) is 5.91 Å². The van der Waals surface area contributed by atoms with Gasteiger partial charge in [0.1, 0.15) is 0 Å².